The number of nitrogens with one attached hydrogen (secondary N) is 3. The molecule has 0 aliphatic heterocycles. The molecule has 0 amide bonds. The van der Waals surface area contributed by atoms with Crippen LogP contribution in [0.1, 0.15) is 5.56 Å². The molecule has 2 heterocycles. The zero-order valence-corrected chi connectivity index (χ0v) is 14.3. The summed E-state index contributed by atoms with van der Waals surface area (Å²) in [6.07, 6.45) is 1.48. The van der Waals surface area contributed by atoms with Gasteiger partial charge in [0.25, 0.3) is 0 Å². The first-order valence-corrected chi connectivity index (χ1v) is 8.04. The number of H-pyrrole nitrogens is 1. The van der Waals surface area contributed by atoms with Gasteiger partial charge in [0.2, 0.25) is 5.95 Å². The Morgan fingerprint density at radius 2 is 1.82 bits per heavy atom. The lowest BCUT2D eigenvalue weighted by Gasteiger charge is -2.11. The Labute approximate surface area is 155 Å². The van der Waals surface area contributed by atoms with Crippen LogP contribution < -0.4 is 16.4 Å². The summed E-state index contributed by atoms with van der Waals surface area (Å²) in [5.41, 5.74) is 1.90. The van der Waals surface area contributed by atoms with Gasteiger partial charge < -0.3 is 15.1 Å². The van der Waals surface area contributed by atoms with Gasteiger partial charge in [0.1, 0.15) is 11.6 Å². The lowest BCUT2D eigenvalue weighted by molar-refractivity contribution is 0.496. The van der Waals surface area contributed by atoms with Crippen molar-refractivity contribution < 1.29 is 17.6 Å². The molecule has 4 rings (SSSR count). The van der Waals surface area contributed by atoms with Crippen molar-refractivity contribution in [2.75, 3.05) is 10.6 Å². The second-order valence-electron chi connectivity index (χ2n) is 5.95. The first-order valence-electron chi connectivity index (χ1n) is 8.04. The number of aromatic nitrogens is 3. The second kappa shape index (κ2) is 6.72. The average Bonchev–Trinajstić information content (AvgIpc) is 3.02. The maximum absolute atomic E-state index is 13.8. The highest BCUT2D eigenvalue weighted by atomic mass is 19.2. The molecule has 28 heavy (non-hydrogen) atoms. The smallest absolute Gasteiger partial charge is 0.408 e. The minimum Gasteiger partial charge on any atom is -0.408 e. The summed E-state index contributed by atoms with van der Waals surface area (Å²) in [5.74, 6) is -3.65. The third-order valence-corrected chi connectivity index (χ3v) is 3.91. The summed E-state index contributed by atoms with van der Waals surface area (Å²) < 4.78 is 45.2. The number of aromatic amines is 1. The van der Waals surface area contributed by atoms with E-state index < -0.39 is 23.2 Å². The van der Waals surface area contributed by atoms with Crippen LogP contribution in [0.4, 0.5) is 36.3 Å². The van der Waals surface area contributed by atoms with E-state index in [2.05, 4.69) is 25.6 Å². The number of hydrogen-bond donors (Lipinski definition) is 3. The van der Waals surface area contributed by atoms with Crippen molar-refractivity contribution in [3.63, 3.8) is 0 Å². The van der Waals surface area contributed by atoms with Crippen molar-refractivity contribution in [3.05, 3.63) is 70.1 Å². The van der Waals surface area contributed by atoms with Crippen molar-refractivity contribution in [2.45, 2.75) is 6.92 Å². The molecule has 0 unspecified atom stereocenters. The Kier molecular flexibility index (Phi) is 4.22. The number of halogens is 3. The van der Waals surface area contributed by atoms with E-state index in [0.29, 0.717) is 40.3 Å². The fourth-order valence-corrected chi connectivity index (χ4v) is 2.53. The Morgan fingerprint density at radius 3 is 2.64 bits per heavy atom. The zero-order chi connectivity index (χ0) is 19.8. The van der Waals surface area contributed by atoms with E-state index in [9.17, 15) is 18.0 Å². The van der Waals surface area contributed by atoms with E-state index in [-0.39, 0.29) is 11.6 Å². The lowest BCUT2D eigenvalue weighted by atomic mass is 10.2. The molecule has 3 N–H and O–H groups in total. The topological polar surface area (TPSA) is 95.8 Å². The third-order valence-electron chi connectivity index (χ3n) is 3.91. The minimum absolute atomic E-state index is 0.0178. The molecule has 0 saturated heterocycles. The molecule has 7 nitrogen and oxygen atoms in total. The van der Waals surface area contributed by atoms with Gasteiger partial charge in [-0.3, -0.25) is 4.98 Å². The van der Waals surface area contributed by atoms with Gasteiger partial charge in [-0.05, 0) is 25.1 Å². The highest BCUT2D eigenvalue weighted by Crippen LogP contribution is 2.25. The number of aryl methyl sites for hydroxylation is 1. The Morgan fingerprint density at radius 1 is 1.04 bits per heavy atom. The number of nitrogens with zero attached hydrogens (tertiary/aromatic N) is 2. The number of hydrogen-bond acceptors (Lipinski definition) is 6. The molecule has 0 atom stereocenters. The standard InChI is InChI=1S/C18H12F3N5O2/c1-8-7-22-17(24-13-6-11(20)10(19)5-12(13)21)26-16(8)23-9-2-3-15-14(4-9)25-18(27)28-15/h2-7H,1H3,(H,25,27)(H2,22,23,24,26). The fraction of sp³-hybridized carbons (Fsp3) is 0.0556. The summed E-state index contributed by atoms with van der Waals surface area (Å²) in [6.45, 7) is 1.75. The zero-order valence-electron chi connectivity index (χ0n) is 14.3. The van der Waals surface area contributed by atoms with Crippen molar-refractivity contribution >= 4 is 34.2 Å². The van der Waals surface area contributed by atoms with Gasteiger partial charge in [-0.1, -0.05) is 0 Å². The van der Waals surface area contributed by atoms with E-state index in [1.807, 2.05) is 0 Å². The molecule has 142 valence electrons. The van der Waals surface area contributed by atoms with E-state index in [1.165, 1.54) is 6.20 Å². The summed E-state index contributed by atoms with van der Waals surface area (Å²) in [4.78, 5) is 22.0. The summed E-state index contributed by atoms with van der Waals surface area (Å²) in [5, 5.41) is 5.57. The van der Waals surface area contributed by atoms with Crippen molar-refractivity contribution in [1.82, 2.24) is 15.0 Å². The van der Waals surface area contributed by atoms with Crippen LogP contribution >= 0.6 is 0 Å². The first kappa shape index (κ1) is 17.6. The number of benzene rings is 2. The SMILES string of the molecule is Cc1cnc(Nc2cc(F)c(F)cc2F)nc1Nc1ccc2oc(=O)[nH]c2c1. The first-order chi connectivity index (χ1) is 13.4. The Bertz CT molecular complexity index is 1250. The van der Waals surface area contributed by atoms with Crippen LogP contribution in [0.3, 0.4) is 0 Å². The van der Waals surface area contributed by atoms with Crippen molar-refractivity contribution in [1.29, 1.82) is 0 Å². The van der Waals surface area contributed by atoms with E-state index in [4.69, 9.17) is 4.42 Å². The van der Waals surface area contributed by atoms with Crippen LogP contribution in [0.15, 0.2) is 45.7 Å². The maximum Gasteiger partial charge on any atom is 0.417 e. The molecule has 0 saturated carbocycles. The monoisotopic (exact) mass is 387 g/mol. The molecule has 0 spiro atoms. The molecule has 0 bridgehead atoms. The van der Waals surface area contributed by atoms with Gasteiger partial charge in [0.15, 0.2) is 17.2 Å². The molecule has 0 aliphatic carbocycles. The van der Waals surface area contributed by atoms with E-state index >= 15 is 0 Å². The number of fused-ring (bicyclic) bond motifs is 1. The predicted molar refractivity (Wildman–Crippen MR) is 96.5 cm³/mol. The van der Waals surface area contributed by atoms with Crippen LogP contribution in [0.2, 0.25) is 0 Å². The summed E-state index contributed by atoms with van der Waals surface area (Å²) in [7, 11) is 0. The molecule has 0 radical (unpaired) electrons. The van der Waals surface area contributed by atoms with Crippen molar-refractivity contribution in [2.24, 2.45) is 0 Å². The molecule has 10 heteroatoms. The van der Waals surface area contributed by atoms with Crippen LogP contribution in [-0.4, -0.2) is 15.0 Å². The van der Waals surface area contributed by atoms with Gasteiger partial charge >= 0.3 is 5.76 Å². The molecule has 2 aromatic heterocycles. The molecule has 0 aliphatic rings. The highest BCUT2D eigenvalue weighted by molar-refractivity contribution is 5.78. The molecule has 2 aromatic carbocycles. The molecular formula is C18H12F3N5O2. The maximum atomic E-state index is 13.8. The quantitative estimate of drug-likeness (QED) is 0.456. The molecule has 4 aromatic rings. The van der Waals surface area contributed by atoms with Crippen LogP contribution in [0.5, 0.6) is 0 Å². The fourth-order valence-electron chi connectivity index (χ4n) is 2.53. The Balaban J connectivity index is 1.63. The lowest BCUT2D eigenvalue weighted by Crippen LogP contribution is -2.04. The minimum atomic E-state index is -1.29. The van der Waals surface area contributed by atoms with Crippen LogP contribution in [0.25, 0.3) is 11.1 Å². The summed E-state index contributed by atoms with van der Waals surface area (Å²) >= 11 is 0. The van der Waals surface area contributed by atoms with Gasteiger partial charge in [0, 0.05) is 29.6 Å². The Hall–Kier alpha value is -3.82. The van der Waals surface area contributed by atoms with Gasteiger partial charge in [-0.25, -0.2) is 22.9 Å². The number of anilines is 4. The van der Waals surface area contributed by atoms with Crippen LogP contribution in [0, 0.1) is 24.4 Å². The normalized spacial score (nSPS) is 11.0. The van der Waals surface area contributed by atoms with Crippen molar-refractivity contribution in [3.8, 4) is 0 Å². The van der Waals surface area contributed by atoms with E-state index in [0.717, 1.165) is 0 Å². The molecular weight excluding hydrogens is 375 g/mol. The highest BCUT2D eigenvalue weighted by Gasteiger charge is 2.12. The second-order valence-corrected chi connectivity index (χ2v) is 5.95. The van der Waals surface area contributed by atoms with Crippen LogP contribution in [-0.2, 0) is 0 Å². The van der Waals surface area contributed by atoms with Gasteiger partial charge in [-0.2, -0.15) is 4.98 Å². The van der Waals surface area contributed by atoms with Gasteiger partial charge in [-0.15, -0.1) is 0 Å². The third kappa shape index (κ3) is 3.39. The van der Waals surface area contributed by atoms with Gasteiger partial charge in [0.05, 0.1) is 11.2 Å². The number of rotatable bonds is 4. The van der Waals surface area contributed by atoms with E-state index in [1.54, 1.807) is 25.1 Å². The average molecular weight is 387 g/mol. The summed E-state index contributed by atoms with van der Waals surface area (Å²) in [6, 6.07) is 6.07. The number of oxazole rings is 1. The molecule has 0 fully saturated rings. The predicted octanol–water partition coefficient (Wildman–Crippen LogP) is 4.12. The largest absolute Gasteiger partial charge is 0.417 e.